The summed E-state index contributed by atoms with van der Waals surface area (Å²) < 4.78 is 0. The molecule has 1 N–H and O–H groups in total. The summed E-state index contributed by atoms with van der Waals surface area (Å²) >= 11 is 0. The monoisotopic (exact) mass is 213 g/mol. The van der Waals surface area contributed by atoms with E-state index in [0.29, 0.717) is 12.5 Å². The predicted octanol–water partition coefficient (Wildman–Crippen LogP) is 2.36. The van der Waals surface area contributed by atoms with E-state index in [1.54, 1.807) is 0 Å². The lowest BCUT2D eigenvalue weighted by Crippen LogP contribution is -2.38. The van der Waals surface area contributed by atoms with Crippen LogP contribution in [-0.2, 0) is 4.79 Å². The second-order valence-corrected chi connectivity index (χ2v) is 4.89. The highest BCUT2D eigenvalue weighted by molar-refractivity contribution is 5.68. The molecule has 3 heteroatoms. The van der Waals surface area contributed by atoms with Crippen molar-refractivity contribution < 1.29 is 9.90 Å². The Morgan fingerprint density at radius 1 is 1.47 bits per heavy atom. The van der Waals surface area contributed by atoms with Gasteiger partial charge in [0.05, 0.1) is 6.42 Å². The fraction of sp³-hybridized carbons (Fsp3) is 0.917. The van der Waals surface area contributed by atoms with E-state index >= 15 is 0 Å². The van der Waals surface area contributed by atoms with Gasteiger partial charge >= 0.3 is 5.97 Å². The molecule has 0 heterocycles. The number of hydrogen-bond acceptors (Lipinski definition) is 2. The highest BCUT2D eigenvalue weighted by atomic mass is 16.4. The van der Waals surface area contributed by atoms with Gasteiger partial charge in [0.2, 0.25) is 0 Å². The van der Waals surface area contributed by atoms with Crippen LogP contribution in [0.2, 0.25) is 0 Å². The van der Waals surface area contributed by atoms with Gasteiger partial charge < -0.3 is 10.0 Å². The van der Waals surface area contributed by atoms with Crippen LogP contribution in [0, 0.1) is 5.41 Å². The first-order valence-electron chi connectivity index (χ1n) is 5.99. The second kappa shape index (κ2) is 4.97. The maximum Gasteiger partial charge on any atom is 0.303 e. The van der Waals surface area contributed by atoms with Crippen molar-refractivity contribution in [2.24, 2.45) is 5.41 Å². The molecule has 1 saturated carbocycles. The molecule has 1 fully saturated rings. The van der Waals surface area contributed by atoms with E-state index in [4.69, 9.17) is 5.11 Å². The molecule has 0 bridgehead atoms. The largest absolute Gasteiger partial charge is 0.481 e. The van der Waals surface area contributed by atoms with E-state index in [2.05, 4.69) is 25.7 Å². The number of carboxylic acid groups (broad SMARTS) is 1. The molecular formula is C12H23NO2. The van der Waals surface area contributed by atoms with Gasteiger partial charge in [0, 0.05) is 12.6 Å². The number of hydrogen-bond donors (Lipinski definition) is 1. The lowest BCUT2D eigenvalue weighted by Gasteiger charge is -2.30. The molecule has 0 aliphatic heterocycles. The van der Waals surface area contributed by atoms with Crippen LogP contribution >= 0.6 is 0 Å². The third kappa shape index (κ3) is 3.49. The van der Waals surface area contributed by atoms with Crippen molar-refractivity contribution in [3.63, 3.8) is 0 Å². The molecule has 0 saturated heterocycles. The normalized spacial score (nSPS) is 20.3. The van der Waals surface area contributed by atoms with Crippen LogP contribution in [0.5, 0.6) is 0 Å². The summed E-state index contributed by atoms with van der Waals surface area (Å²) in [5.74, 6) is -0.646. The predicted molar refractivity (Wildman–Crippen MR) is 60.9 cm³/mol. The molecule has 3 nitrogen and oxygen atoms in total. The van der Waals surface area contributed by atoms with Gasteiger partial charge in [-0.25, -0.2) is 0 Å². The third-order valence-corrected chi connectivity index (χ3v) is 3.64. The molecule has 88 valence electrons. The van der Waals surface area contributed by atoms with Crippen molar-refractivity contribution in [2.45, 2.75) is 52.5 Å². The van der Waals surface area contributed by atoms with E-state index in [9.17, 15) is 4.79 Å². The van der Waals surface area contributed by atoms with Gasteiger partial charge in [0.1, 0.15) is 0 Å². The van der Waals surface area contributed by atoms with Crippen molar-refractivity contribution in [1.29, 1.82) is 0 Å². The van der Waals surface area contributed by atoms with E-state index in [1.807, 2.05) is 0 Å². The zero-order chi connectivity index (χ0) is 11.5. The first-order chi connectivity index (χ1) is 7.03. The molecule has 1 aliphatic rings. The quantitative estimate of drug-likeness (QED) is 0.705. The molecule has 0 amide bonds. The SMILES string of the molecule is CCC(C)N(CC)CC1(CC(=O)O)CC1. The smallest absolute Gasteiger partial charge is 0.303 e. The molecule has 1 atom stereocenters. The Bertz CT molecular complexity index is 224. The van der Waals surface area contributed by atoms with E-state index in [1.165, 1.54) is 0 Å². The van der Waals surface area contributed by atoms with Crippen LogP contribution in [0.4, 0.5) is 0 Å². The number of rotatable bonds is 7. The minimum Gasteiger partial charge on any atom is -0.481 e. The molecule has 0 aromatic heterocycles. The van der Waals surface area contributed by atoms with Crippen LogP contribution in [0.25, 0.3) is 0 Å². The summed E-state index contributed by atoms with van der Waals surface area (Å²) in [6.07, 6.45) is 3.66. The van der Waals surface area contributed by atoms with Crippen LogP contribution in [0.15, 0.2) is 0 Å². The zero-order valence-corrected chi connectivity index (χ0v) is 10.1. The maximum atomic E-state index is 10.7. The lowest BCUT2D eigenvalue weighted by molar-refractivity contribution is -0.138. The Kier molecular flexibility index (Phi) is 4.14. The summed E-state index contributed by atoms with van der Waals surface area (Å²) in [5.41, 5.74) is 0.102. The Labute approximate surface area is 92.5 Å². The van der Waals surface area contributed by atoms with Gasteiger partial charge in [-0.3, -0.25) is 4.79 Å². The van der Waals surface area contributed by atoms with Crippen LogP contribution in [0.1, 0.15) is 46.5 Å². The average molecular weight is 213 g/mol. The Balaban J connectivity index is 2.47. The topological polar surface area (TPSA) is 40.5 Å². The van der Waals surface area contributed by atoms with Gasteiger partial charge in [-0.1, -0.05) is 13.8 Å². The van der Waals surface area contributed by atoms with E-state index in [-0.39, 0.29) is 5.41 Å². The zero-order valence-electron chi connectivity index (χ0n) is 10.1. The van der Waals surface area contributed by atoms with Gasteiger partial charge in [-0.05, 0) is 38.1 Å². The van der Waals surface area contributed by atoms with Crippen molar-refractivity contribution >= 4 is 5.97 Å². The highest BCUT2D eigenvalue weighted by Crippen LogP contribution is 2.49. The summed E-state index contributed by atoms with van der Waals surface area (Å²) in [5, 5.41) is 8.85. The molecule has 0 radical (unpaired) electrons. The maximum absolute atomic E-state index is 10.7. The molecule has 1 rings (SSSR count). The van der Waals surface area contributed by atoms with Crippen LogP contribution in [0.3, 0.4) is 0 Å². The van der Waals surface area contributed by atoms with Crippen molar-refractivity contribution in [3.05, 3.63) is 0 Å². The Morgan fingerprint density at radius 3 is 2.40 bits per heavy atom. The second-order valence-electron chi connectivity index (χ2n) is 4.89. The third-order valence-electron chi connectivity index (χ3n) is 3.64. The number of aliphatic carboxylic acids is 1. The fourth-order valence-electron chi connectivity index (χ4n) is 2.16. The minimum absolute atomic E-state index is 0.102. The van der Waals surface area contributed by atoms with E-state index < -0.39 is 5.97 Å². The van der Waals surface area contributed by atoms with Gasteiger partial charge in [0.25, 0.3) is 0 Å². The highest BCUT2D eigenvalue weighted by Gasteiger charge is 2.45. The lowest BCUT2D eigenvalue weighted by atomic mass is 10.0. The molecule has 15 heavy (non-hydrogen) atoms. The molecule has 1 aliphatic carbocycles. The summed E-state index contributed by atoms with van der Waals surface area (Å²) in [6, 6.07) is 0.571. The molecule has 0 spiro atoms. The fourth-order valence-corrected chi connectivity index (χ4v) is 2.16. The molecule has 0 aromatic carbocycles. The van der Waals surface area contributed by atoms with Crippen LogP contribution < -0.4 is 0 Å². The Hall–Kier alpha value is -0.570. The van der Waals surface area contributed by atoms with Gasteiger partial charge in [-0.15, -0.1) is 0 Å². The number of carbonyl (C=O) groups is 1. The minimum atomic E-state index is -0.646. The number of carboxylic acids is 1. The average Bonchev–Trinajstić information content (AvgIpc) is 2.92. The number of nitrogens with zero attached hydrogens (tertiary/aromatic N) is 1. The van der Waals surface area contributed by atoms with Gasteiger partial charge in [-0.2, -0.15) is 0 Å². The van der Waals surface area contributed by atoms with E-state index in [0.717, 1.165) is 32.4 Å². The first kappa shape index (κ1) is 12.5. The summed E-state index contributed by atoms with van der Waals surface area (Å²) in [4.78, 5) is 13.2. The molecule has 1 unspecified atom stereocenters. The Morgan fingerprint density at radius 2 is 2.07 bits per heavy atom. The standard InChI is InChI=1S/C12H23NO2/c1-4-10(3)13(5-2)9-12(6-7-12)8-11(14)15/h10H,4-9H2,1-3H3,(H,14,15). The summed E-state index contributed by atoms with van der Waals surface area (Å²) in [7, 11) is 0. The molecular weight excluding hydrogens is 190 g/mol. The molecule has 0 aromatic rings. The summed E-state index contributed by atoms with van der Waals surface area (Å²) in [6.45, 7) is 8.55. The van der Waals surface area contributed by atoms with Crippen LogP contribution in [-0.4, -0.2) is 35.1 Å². The first-order valence-corrected chi connectivity index (χ1v) is 5.99. The van der Waals surface area contributed by atoms with Crippen molar-refractivity contribution in [1.82, 2.24) is 4.90 Å². The van der Waals surface area contributed by atoms with Crippen molar-refractivity contribution in [3.8, 4) is 0 Å². The van der Waals surface area contributed by atoms with Crippen molar-refractivity contribution in [2.75, 3.05) is 13.1 Å². The van der Waals surface area contributed by atoms with Gasteiger partial charge in [0.15, 0.2) is 0 Å².